The zero-order valence-corrected chi connectivity index (χ0v) is 14.8. The van der Waals surface area contributed by atoms with Crippen LogP contribution in [0.15, 0.2) is 27.6 Å². The summed E-state index contributed by atoms with van der Waals surface area (Å²) in [7, 11) is -1.89. The number of hydrogen-bond acceptors (Lipinski definition) is 4. The van der Waals surface area contributed by atoms with Gasteiger partial charge in [-0.05, 0) is 50.7 Å². The topological polar surface area (TPSA) is 66.6 Å². The molecule has 0 radical (unpaired) electrons. The van der Waals surface area contributed by atoms with Crippen molar-refractivity contribution in [2.24, 2.45) is 0 Å². The molecule has 1 heterocycles. The number of nitrogens with two attached hydrogens (primary N) is 1. The summed E-state index contributed by atoms with van der Waals surface area (Å²) in [5.74, 6) is 0. The molecular weight excluding hydrogens is 354 g/mol. The largest absolute Gasteiger partial charge is 0.398 e. The number of nitrogens with zero attached hydrogens (tertiary/aromatic N) is 2. The second-order valence-corrected chi connectivity index (χ2v) is 8.25. The monoisotopic (exact) mass is 375 g/mol. The molecule has 0 aliphatic carbocycles. The van der Waals surface area contributed by atoms with Crippen molar-refractivity contribution in [3.05, 3.63) is 22.7 Å². The van der Waals surface area contributed by atoms with Crippen LogP contribution in [0.3, 0.4) is 0 Å². The van der Waals surface area contributed by atoms with E-state index >= 15 is 0 Å². The number of sulfonamides is 1. The predicted molar refractivity (Wildman–Crippen MR) is 88.6 cm³/mol. The molecule has 0 aromatic heterocycles. The standard InChI is InChI=1S/C14H22BrN3O2S/c1-3-18-8-6-12(7-9-18)17(2)21(19,20)14-5-4-11(15)10-13(14)16/h4-5,10,12H,3,6-9,16H2,1-2H3. The minimum atomic E-state index is -3.54. The Morgan fingerprint density at radius 1 is 1.38 bits per heavy atom. The van der Waals surface area contributed by atoms with Crippen LogP contribution in [-0.2, 0) is 10.0 Å². The van der Waals surface area contributed by atoms with E-state index < -0.39 is 10.0 Å². The molecule has 1 aromatic carbocycles. The van der Waals surface area contributed by atoms with Crippen LogP contribution in [0.4, 0.5) is 5.69 Å². The van der Waals surface area contributed by atoms with Crippen molar-refractivity contribution in [2.45, 2.75) is 30.7 Å². The number of likely N-dealkylation sites (tertiary alicyclic amines) is 1. The highest BCUT2D eigenvalue weighted by atomic mass is 79.9. The zero-order valence-electron chi connectivity index (χ0n) is 12.4. The van der Waals surface area contributed by atoms with Gasteiger partial charge >= 0.3 is 0 Å². The molecule has 7 heteroatoms. The first kappa shape index (κ1) is 16.7. The van der Waals surface area contributed by atoms with Gasteiger partial charge in [-0.3, -0.25) is 0 Å². The van der Waals surface area contributed by atoms with E-state index in [4.69, 9.17) is 5.73 Å². The lowest BCUT2D eigenvalue weighted by Gasteiger charge is -2.35. The number of halogens is 1. The van der Waals surface area contributed by atoms with Gasteiger partial charge in [0, 0.05) is 17.6 Å². The number of hydrogen-bond donors (Lipinski definition) is 1. The molecule has 1 aromatic rings. The lowest BCUT2D eigenvalue weighted by Crippen LogP contribution is -2.45. The van der Waals surface area contributed by atoms with Crippen molar-refractivity contribution in [2.75, 3.05) is 32.4 Å². The van der Waals surface area contributed by atoms with Crippen LogP contribution in [0.25, 0.3) is 0 Å². The van der Waals surface area contributed by atoms with Gasteiger partial charge in [0.15, 0.2) is 0 Å². The van der Waals surface area contributed by atoms with Gasteiger partial charge in [0.1, 0.15) is 4.90 Å². The molecule has 118 valence electrons. The Balaban J connectivity index is 2.19. The smallest absolute Gasteiger partial charge is 0.245 e. The summed E-state index contributed by atoms with van der Waals surface area (Å²) in [5, 5.41) is 0. The zero-order chi connectivity index (χ0) is 15.6. The molecular formula is C14H22BrN3O2S. The van der Waals surface area contributed by atoms with Crippen molar-refractivity contribution in [1.29, 1.82) is 0 Å². The number of nitrogen functional groups attached to an aromatic ring is 1. The van der Waals surface area contributed by atoms with E-state index in [0.717, 1.165) is 36.9 Å². The Morgan fingerprint density at radius 3 is 2.52 bits per heavy atom. The molecule has 1 fully saturated rings. The summed E-state index contributed by atoms with van der Waals surface area (Å²) < 4.78 is 27.7. The van der Waals surface area contributed by atoms with Gasteiger partial charge in [-0.15, -0.1) is 0 Å². The van der Waals surface area contributed by atoms with Crippen LogP contribution in [0, 0.1) is 0 Å². The highest BCUT2D eigenvalue weighted by molar-refractivity contribution is 9.10. The first-order chi connectivity index (χ1) is 9.86. The van der Waals surface area contributed by atoms with Crippen molar-refractivity contribution >= 4 is 31.6 Å². The van der Waals surface area contributed by atoms with Gasteiger partial charge in [0.05, 0.1) is 5.69 Å². The quantitative estimate of drug-likeness (QED) is 0.818. The van der Waals surface area contributed by atoms with Crippen LogP contribution in [0.1, 0.15) is 19.8 Å². The van der Waals surface area contributed by atoms with E-state index in [2.05, 4.69) is 27.8 Å². The van der Waals surface area contributed by atoms with Crippen LogP contribution in [-0.4, -0.2) is 50.3 Å². The van der Waals surface area contributed by atoms with Crippen LogP contribution < -0.4 is 5.73 Å². The van der Waals surface area contributed by atoms with E-state index in [9.17, 15) is 8.42 Å². The molecule has 0 spiro atoms. The van der Waals surface area contributed by atoms with Gasteiger partial charge in [-0.25, -0.2) is 8.42 Å². The molecule has 2 rings (SSSR count). The second-order valence-electron chi connectivity index (χ2n) is 5.37. The molecule has 2 N–H and O–H groups in total. The molecule has 1 aliphatic heterocycles. The summed E-state index contributed by atoms with van der Waals surface area (Å²) in [5.41, 5.74) is 6.15. The molecule has 0 bridgehead atoms. The minimum absolute atomic E-state index is 0.0425. The maximum absolute atomic E-state index is 12.7. The summed E-state index contributed by atoms with van der Waals surface area (Å²) in [6.07, 6.45) is 1.72. The van der Waals surface area contributed by atoms with Crippen LogP contribution in [0.2, 0.25) is 0 Å². The fourth-order valence-corrected chi connectivity index (χ4v) is 4.59. The van der Waals surface area contributed by atoms with E-state index in [-0.39, 0.29) is 16.6 Å². The summed E-state index contributed by atoms with van der Waals surface area (Å²) in [6, 6.07) is 4.93. The van der Waals surface area contributed by atoms with Gasteiger partial charge in [0.25, 0.3) is 0 Å². The SMILES string of the molecule is CCN1CCC(N(C)S(=O)(=O)c2ccc(Br)cc2N)CC1. The second kappa shape index (κ2) is 6.64. The van der Waals surface area contributed by atoms with Crippen molar-refractivity contribution < 1.29 is 8.42 Å². The fourth-order valence-electron chi connectivity index (χ4n) is 2.70. The van der Waals surface area contributed by atoms with E-state index in [1.165, 1.54) is 4.31 Å². The maximum atomic E-state index is 12.7. The Kier molecular flexibility index (Phi) is 5.29. The minimum Gasteiger partial charge on any atom is -0.398 e. The Hall–Kier alpha value is -0.630. The number of rotatable bonds is 4. The Bertz CT molecular complexity index is 598. The average Bonchev–Trinajstić information content (AvgIpc) is 2.46. The normalized spacial score (nSPS) is 18.3. The third kappa shape index (κ3) is 3.59. The molecule has 0 atom stereocenters. The highest BCUT2D eigenvalue weighted by Crippen LogP contribution is 2.28. The third-order valence-corrected chi connectivity index (χ3v) is 6.62. The van der Waals surface area contributed by atoms with Gasteiger partial charge in [0.2, 0.25) is 10.0 Å². The van der Waals surface area contributed by atoms with E-state index in [1.54, 1.807) is 25.2 Å². The van der Waals surface area contributed by atoms with E-state index in [0.29, 0.717) is 0 Å². The lowest BCUT2D eigenvalue weighted by molar-refractivity contribution is 0.176. The Morgan fingerprint density at radius 2 is 2.00 bits per heavy atom. The fraction of sp³-hybridized carbons (Fsp3) is 0.571. The molecule has 0 unspecified atom stereocenters. The highest BCUT2D eigenvalue weighted by Gasteiger charge is 2.31. The lowest BCUT2D eigenvalue weighted by atomic mass is 10.1. The number of anilines is 1. The van der Waals surface area contributed by atoms with Gasteiger partial charge in [-0.1, -0.05) is 22.9 Å². The van der Waals surface area contributed by atoms with Gasteiger partial charge < -0.3 is 10.6 Å². The predicted octanol–water partition coefficient (Wildman–Crippen LogP) is 2.14. The first-order valence-electron chi connectivity index (χ1n) is 7.11. The van der Waals surface area contributed by atoms with Crippen molar-refractivity contribution in [3.8, 4) is 0 Å². The molecule has 0 amide bonds. The van der Waals surface area contributed by atoms with Crippen LogP contribution in [0.5, 0.6) is 0 Å². The molecule has 21 heavy (non-hydrogen) atoms. The molecule has 0 saturated carbocycles. The van der Waals surface area contributed by atoms with E-state index in [1.807, 2.05) is 0 Å². The molecule has 1 aliphatic rings. The summed E-state index contributed by atoms with van der Waals surface area (Å²) >= 11 is 3.30. The maximum Gasteiger partial charge on any atom is 0.245 e. The average molecular weight is 376 g/mol. The van der Waals surface area contributed by atoms with Crippen molar-refractivity contribution in [1.82, 2.24) is 9.21 Å². The first-order valence-corrected chi connectivity index (χ1v) is 9.35. The molecule has 5 nitrogen and oxygen atoms in total. The third-order valence-electron chi connectivity index (χ3n) is 4.15. The number of piperidine rings is 1. The Labute approximate surface area is 135 Å². The number of benzene rings is 1. The van der Waals surface area contributed by atoms with Crippen molar-refractivity contribution in [3.63, 3.8) is 0 Å². The summed E-state index contributed by atoms with van der Waals surface area (Å²) in [6.45, 7) is 5.03. The van der Waals surface area contributed by atoms with Crippen LogP contribution >= 0.6 is 15.9 Å². The van der Waals surface area contributed by atoms with Gasteiger partial charge in [-0.2, -0.15) is 4.31 Å². The molecule has 1 saturated heterocycles. The summed E-state index contributed by atoms with van der Waals surface area (Å²) in [4.78, 5) is 2.52.